The van der Waals surface area contributed by atoms with Gasteiger partial charge in [-0.05, 0) is 6.92 Å². The highest BCUT2D eigenvalue weighted by atomic mass is 15.0. The smallest absolute Gasteiger partial charge is 0.140 e. The Bertz CT molecular complexity index is 90.3. The van der Waals surface area contributed by atoms with Gasteiger partial charge in [0.15, 0.2) is 0 Å². The molecule has 0 unspecified atom stereocenters. The minimum Gasteiger partial charge on any atom is -0.379 e. The van der Waals surface area contributed by atoms with E-state index in [2.05, 4.69) is 17.6 Å². The lowest BCUT2D eigenvalue weighted by molar-refractivity contribution is 0.843. The number of nitrogens with two attached hydrogens (primary N) is 1. The molecular formula is C5H10N2. The SMILES string of the molecule is C=C=C(N)NCC. The summed E-state index contributed by atoms with van der Waals surface area (Å²) in [5.41, 5.74) is 7.71. The average molecular weight is 98.1 g/mol. The van der Waals surface area contributed by atoms with Gasteiger partial charge in [0.1, 0.15) is 5.82 Å². The van der Waals surface area contributed by atoms with Crippen molar-refractivity contribution >= 4 is 0 Å². The van der Waals surface area contributed by atoms with Crippen molar-refractivity contribution in [3.63, 3.8) is 0 Å². The van der Waals surface area contributed by atoms with Crippen molar-refractivity contribution in [1.82, 2.24) is 5.32 Å². The average Bonchev–Trinajstić information content (AvgIpc) is 1.68. The first-order valence-electron chi connectivity index (χ1n) is 2.20. The van der Waals surface area contributed by atoms with Gasteiger partial charge in [0, 0.05) is 6.54 Å². The molecule has 0 rings (SSSR count). The summed E-state index contributed by atoms with van der Waals surface area (Å²) in [7, 11) is 0. The third-order valence-corrected chi connectivity index (χ3v) is 0.558. The Hall–Kier alpha value is -0.880. The molecule has 0 spiro atoms. The van der Waals surface area contributed by atoms with E-state index in [1.54, 1.807) is 0 Å². The predicted octanol–water partition coefficient (Wildman–Crippen LogP) is 0.181. The van der Waals surface area contributed by atoms with E-state index in [4.69, 9.17) is 5.73 Å². The van der Waals surface area contributed by atoms with E-state index in [-0.39, 0.29) is 0 Å². The second kappa shape index (κ2) is 3.32. The molecule has 0 aliphatic heterocycles. The zero-order chi connectivity index (χ0) is 5.70. The third-order valence-electron chi connectivity index (χ3n) is 0.558. The van der Waals surface area contributed by atoms with E-state index in [1.165, 1.54) is 0 Å². The Kier molecular flexibility index (Phi) is 2.90. The van der Waals surface area contributed by atoms with Crippen molar-refractivity contribution in [2.24, 2.45) is 5.73 Å². The summed E-state index contributed by atoms with van der Waals surface area (Å²) >= 11 is 0. The molecule has 2 heteroatoms. The van der Waals surface area contributed by atoms with E-state index >= 15 is 0 Å². The second-order valence-electron chi connectivity index (χ2n) is 1.12. The van der Waals surface area contributed by atoms with Crippen LogP contribution in [0.15, 0.2) is 18.1 Å². The fourth-order valence-electron chi connectivity index (χ4n) is 0.253. The molecule has 0 aliphatic rings. The highest BCUT2D eigenvalue weighted by Crippen LogP contribution is 1.64. The van der Waals surface area contributed by atoms with Gasteiger partial charge in [-0.15, -0.1) is 0 Å². The van der Waals surface area contributed by atoms with Crippen LogP contribution in [0.4, 0.5) is 0 Å². The first kappa shape index (κ1) is 6.12. The van der Waals surface area contributed by atoms with Crippen molar-refractivity contribution in [2.75, 3.05) is 6.54 Å². The topological polar surface area (TPSA) is 38.0 Å². The van der Waals surface area contributed by atoms with Crippen molar-refractivity contribution in [1.29, 1.82) is 0 Å². The molecule has 0 saturated carbocycles. The molecule has 7 heavy (non-hydrogen) atoms. The number of rotatable bonds is 2. The van der Waals surface area contributed by atoms with E-state index in [9.17, 15) is 0 Å². The fourth-order valence-corrected chi connectivity index (χ4v) is 0.253. The molecule has 0 radical (unpaired) electrons. The van der Waals surface area contributed by atoms with Gasteiger partial charge in [-0.2, -0.15) is 0 Å². The Morgan fingerprint density at radius 2 is 2.57 bits per heavy atom. The molecule has 0 aliphatic carbocycles. The van der Waals surface area contributed by atoms with E-state index in [0.717, 1.165) is 6.54 Å². The lowest BCUT2D eigenvalue weighted by Gasteiger charge is -1.94. The first-order chi connectivity index (χ1) is 3.31. The van der Waals surface area contributed by atoms with Crippen molar-refractivity contribution in [3.8, 4) is 0 Å². The zero-order valence-corrected chi connectivity index (χ0v) is 4.49. The van der Waals surface area contributed by atoms with Gasteiger partial charge in [-0.25, -0.2) is 0 Å². The zero-order valence-electron chi connectivity index (χ0n) is 4.49. The summed E-state index contributed by atoms with van der Waals surface area (Å²) in [6.07, 6.45) is 0. The highest BCUT2D eigenvalue weighted by Gasteiger charge is 1.74. The molecule has 40 valence electrons. The molecule has 0 heterocycles. The molecule has 0 amide bonds. The largest absolute Gasteiger partial charge is 0.379 e. The van der Waals surface area contributed by atoms with Crippen LogP contribution in [0, 0.1) is 0 Å². The monoisotopic (exact) mass is 98.1 g/mol. The molecule has 0 bridgehead atoms. The quantitative estimate of drug-likeness (QED) is 0.483. The van der Waals surface area contributed by atoms with Crippen LogP contribution in [0.5, 0.6) is 0 Å². The maximum Gasteiger partial charge on any atom is 0.140 e. The Morgan fingerprint density at radius 1 is 2.00 bits per heavy atom. The summed E-state index contributed by atoms with van der Waals surface area (Å²) in [5, 5.41) is 2.82. The molecule has 3 N–H and O–H groups in total. The number of hydrogen-bond donors (Lipinski definition) is 2. The molecule has 0 aromatic carbocycles. The minimum atomic E-state index is 0.516. The van der Waals surface area contributed by atoms with Crippen LogP contribution in [0.1, 0.15) is 6.92 Å². The summed E-state index contributed by atoms with van der Waals surface area (Å²) in [6.45, 7) is 6.12. The fraction of sp³-hybridized carbons (Fsp3) is 0.400. The van der Waals surface area contributed by atoms with Gasteiger partial charge < -0.3 is 11.1 Å². The van der Waals surface area contributed by atoms with Crippen molar-refractivity contribution in [2.45, 2.75) is 6.92 Å². The lowest BCUT2D eigenvalue weighted by Crippen LogP contribution is -2.17. The van der Waals surface area contributed by atoms with Crippen molar-refractivity contribution < 1.29 is 0 Å². The standard InChI is InChI=1S/C5H10N2/c1-3-5(6)7-4-2/h7H,1,4,6H2,2H3. The van der Waals surface area contributed by atoms with E-state index in [1.807, 2.05) is 6.92 Å². The van der Waals surface area contributed by atoms with Crippen LogP contribution in [0.2, 0.25) is 0 Å². The van der Waals surface area contributed by atoms with Crippen LogP contribution in [0.25, 0.3) is 0 Å². The van der Waals surface area contributed by atoms with Gasteiger partial charge in [0.05, 0.1) is 0 Å². The normalized spacial score (nSPS) is 7.00. The summed E-state index contributed by atoms with van der Waals surface area (Å²) < 4.78 is 0. The lowest BCUT2D eigenvalue weighted by atomic mass is 10.6. The van der Waals surface area contributed by atoms with E-state index < -0.39 is 0 Å². The number of nitrogens with one attached hydrogen (secondary N) is 1. The molecular weight excluding hydrogens is 88.1 g/mol. The summed E-state index contributed by atoms with van der Waals surface area (Å²) in [5.74, 6) is 0.516. The van der Waals surface area contributed by atoms with Crippen LogP contribution in [-0.2, 0) is 0 Å². The molecule has 0 fully saturated rings. The van der Waals surface area contributed by atoms with Gasteiger partial charge in [0.25, 0.3) is 0 Å². The Morgan fingerprint density at radius 3 is 2.71 bits per heavy atom. The van der Waals surface area contributed by atoms with Crippen LogP contribution >= 0.6 is 0 Å². The second-order valence-corrected chi connectivity index (χ2v) is 1.12. The molecule has 2 nitrogen and oxygen atoms in total. The van der Waals surface area contributed by atoms with Crippen LogP contribution in [-0.4, -0.2) is 6.54 Å². The third kappa shape index (κ3) is 2.94. The Labute approximate surface area is 43.7 Å². The maximum absolute atomic E-state index is 5.22. The van der Waals surface area contributed by atoms with Gasteiger partial charge in [-0.1, -0.05) is 12.3 Å². The summed E-state index contributed by atoms with van der Waals surface area (Å²) in [4.78, 5) is 0. The van der Waals surface area contributed by atoms with Crippen LogP contribution < -0.4 is 11.1 Å². The minimum absolute atomic E-state index is 0.516. The van der Waals surface area contributed by atoms with E-state index in [0.29, 0.717) is 5.82 Å². The van der Waals surface area contributed by atoms with Gasteiger partial charge in [-0.3, -0.25) is 0 Å². The van der Waals surface area contributed by atoms with Gasteiger partial charge >= 0.3 is 0 Å². The van der Waals surface area contributed by atoms with Gasteiger partial charge in [0.2, 0.25) is 0 Å². The Balaban J connectivity index is 3.37. The molecule has 0 aromatic rings. The summed E-state index contributed by atoms with van der Waals surface area (Å²) in [6, 6.07) is 0. The highest BCUT2D eigenvalue weighted by molar-refractivity contribution is 4.88. The molecule has 0 aromatic heterocycles. The number of hydrogen-bond acceptors (Lipinski definition) is 2. The van der Waals surface area contributed by atoms with Crippen LogP contribution in [0.3, 0.4) is 0 Å². The first-order valence-corrected chi connectivity index (χ1v) is 2.20. The van der Waals surface area contributed by atoms with Crippen molar-refractivity contribution in [3.05, 3.63) is 18.1 Å². The molecule has 0 saturated heterocycles. The predicted molar refractivity (Wildman–Crippen MR) is 30.5 cm³/mol. The maximum atomic E-state index is 5.22. The molecule has 0 atom stereocenters.